The molecule has 0 saturated carbocycles. The average molecular weight is 398 g/mol. The molecule has 2 N–H and O–H groups in total. The van der Waals surface area contributed by atoms with Gasteiger partial charge in [0.15, 0.2) is 5.96 Å². The molecule has 1 aliphatic heterocycles. The van der Waals surface area contributed by atoms with Crippen molar-refractivity contribution < 1.29 is 4.74 Å². The summed E-state index contributed by atoms with van der Waals surface area (Å²) in [4.78, 5) is 4.86. The van der Waals surface area contributed by atoms with Crippen LogP contribution in [0, 0.1) is 20.8 Å². The van der Waals surface area contributed by atoms with Gasteiger partial charge in [-0.1, -0.05) is 24.3 Å². The second-order valence-electron chi connectivity index (χ2n) is 8.03. The normalized spacial score (nSPS) is 16.7. The van der Waals surface area contributed by atoms with Crippen LogP contribution >= 0.6 is 0 Å². The summed E-state index contributed by atoms with van der Waals surface area (Å²) >= 11 is 0. The first-order valence-electron chi connectivity index (χ1n) is 10.6. The second kappa shape index (κ2) is 9.44. The second-order valence-corrected chi connectivity index (χ2v) is 8.03. The Balaban J connectivity index is 1.79. The van der Waals surface area contributed by atoms with Gasteiger partial charge in [-0.25, -0.2) is 4.99 Å². The van der Waals surface area contributed by atoms with E-state index < -0.39 is 0 Å². The van der Waals surface area contributed by atoms with Crippen LogP contribution < -0.4 is 10.6 Å². The van der Waals surface area contributed by atoms with E-state index in [2.05, 4.69) is 60.8 Å². The lowest BCUT2D eigenvalue weighted by Crippen LogP contribution is -2.48. The van der Waals surface area contributed by atoms with Crippen LogP contribution in [0.5, 0.6) is 0 Å². The molecular formula is C23H35N5O. The molecule has 0 aliphatic carbocycles. The molecule has 2 aromatic rings. The van der Waals surface area contributed by atoms with Crippen molar-refractivity contribution in [2.75, 3.05) is 26.3 Å². The van der Waals surface area contributed by atoms with Gasteiger partial charge in [0.05, 0.1) is 12.2 Å². The van der Waals surface area contributed by atoms with Crippen molar-refractivity contribution in [3.63, 3.8) is 0 Å². The number of guanidine groups is 1. The Morgan fingerprint density at radius 1 is 1.17 bits per heavy atom. The van der Waals surface area contributed by atoms with Crippen LogP contribution in [-0.4, -0.2) is 42.0 Å². The Kier molecular flexibility index (Phi) is 6.96. The van der Waals surface area contributed by atoms with E-state index in [1.807, 2.05) is 18.7 Å². The maximum Gasteiger partial charge on any atom is 0.191 e. The number of rotatable bonds is 6. The lowest BCUT2D eigenvalue weighted by atomic mass is 9.72. The first-order chi connectivity index (χ1) is 14.0. The molecule has 3 rings (SSSR count). The Morgan fingerprint density at radius 2 is 1.90 bits per heavy atom. The SMILES string of the molecule is CCNC(=NCc1c(C)nn(C)c1C)NCC1(c2ccccc2C)CCOCC1. The summed E-state index contributed by atoms with van der Waals surface area (Å²) in [6.07, 6.45) is 2.04. The van der Waals surface area contributed by atoms with Crippen LogP contribution in [0.25, 0.3) is 0 Å². The molecule has 1 fully saturated rings. The minimum Gasteiger partial charge on any atom is -0.381 e. The Labute approximate surface area is 174 Å². The van der Waals surface area contributed by atoms with E-state index in [-0.39, 0.29) is 5.41 Å². The third kappa shape index (κ3) is 4.81. The largest absolute Gasteiger partial charge is 0.381 e. The van der Waals surface area contributed by atoms with Crippen molar-refractivity contribution in [3.05, 3.63) is 52.3 Å². The number of aromatic nitrogens is 2. The van der Waals surface area contributed by atoms with E-state index >= 15 is 0 Å². The lowest BCUT2D eigenvalue weighted by molar-refractivity contribution is 0.0512. The molecule has 6 nitrogen and oxygen atoms in total. The highest BCUT2D eigenvalue weighted by Crippen LogP contribution is 2.36. The average Bonchev–Trinajstić information content (AvgIpc) is 2.96. The fourth-order valence-electron chi connectivity index (χ4n) is 4.27. The molecule has 0 radical (unpaired) electrons. The van der Waals surface area contributed by atoms with Gasteiger partial charge in [-0.05, 0) is 51.7 Å². The van der Waals surface area contributed by atoms with Gasteiger partial charge in [0.25, 0.3) is 0 Å². The van der Waals surface area contributed by atoms with Gasteiger partial charge in [0.1, 0.15) is 0 Å². The molecule has 0 atom stereocenters. The van der Waals surface area contributed by atoms with Crippen LogP contribution in [0.3, 0.4) is 0 Å². The molecule has 0 spiro atoms. The zero-order valence-electron chi connectivity index (χ0n) is 18.5. The predicted octanol–water partition coefficient (Wildman–Crippen LogP) is 3.15. The monoisotopic (exact) mass is 397 g/mol. The van der Waals surface area contributed by atoms with Crippen molar-refractivity contribution in [1.29, 1.82) is 0 Å². The molecule has 29 heavy (non-hydrogen) atoms. The van der Waals surface area contributed by atoms with E-state index in [0.29, 0.717) is 6.54 Å². The Morgan fingerprint density at radius 3 is 2.52 bits per heavy atom. The summed E-state index contributed by atoms with van der Waals surface area (Å²) in [5.74, 6) is 0.856. The van der Waals surface area contributed by atoms with Gasteiger partial charge in [-0.3, -0.25) is 4.68 Å². The maximum absolute atomic E-state index is 5.69. The Hall–Kier alpha value is -2.34. The third-order valence-electron chi connectivity index (χ3n) is 6.16. The number of aryl methyl sites for hydroxylation is 3. The topological polar surface area (TPSA) is 63.5 Å². The molecule has 158 valence electrons. The summed E-state index contributed by atoms with van der Waals surface area (Å²) in [6.45, 7) is 12.4. The van der Waals surface area contributed by atoms with Crippen LogP contribution in [0.4, 0.5) is 0 Å². The smallest absolute Gasteiger partial charge is 0.191 e. The fraction of sp³-hybridized carbons (Fsp3) is 0.565. The minimum absolute atomic E-state index is 0.0694. The van der Waals surface area contributed by atoms with Crippen molar-refractivity contribution in [2.45, 2.75) is 52.5 Å². The summed E-state index contributed by atoms with van der Waals surface area (Å²) in [5, 5.41) is 11.5. The summed E-state index contributed by atoms with van der Waals surface area (Å²) in [7, 11) is 1.98. The van der Waals surface area contributed by atoms with Crippen molar-refractivity contribution in [1.82, 2.24) is 20.4 Å². The maximum atomic E-state index is 5.69. The van der Waals surface area contributed by atoms with Crippen molar-refractivity contribution in [3.8, 4) is 0 Å². The zero-order chi connectivity index (χ0) is 20.9. The van der Waals surface area contributed by atoms with Crippen molar-refractivity contribution >= 4 is 5.96 Å². The fourth-order valence-corrected chi connectivity index (χ4v) is 4.27. The highest BCUT2D eigenvalue weighted by Gasteiger charge is 2.35. The van der Waals surface area contributed by atoms with Gasteiger partial charge < -0.3 is 15.4 Å². The molecule has 1 saturated heterocycles. The number of ether oxygens (including phenoxy) is 1. The highest BCUT2D eigenvalue weighted by atomic mass is 16.5. The lowest BCUT2D eigenvalue weighted by Gasteiger charge is -2.39. The number of hydrogen-bond donors (Lipinski definition) is 2. The van der Waals surface area contributed by atoms with Crippen LogP contribution in [-0.2, 0) is 23.7 Å². The summed E-state index contributed by atoms with van der Waals surface area (Å²) < 4.78 is 7.62. The molecule has 1 aromatic heterocycles. The van der Waals surface area contributed by atoms with Crippen molar-refractivity contribution in [2.24, 2.45) is 12.0 Å². The van der Waals surface area contributed by atoms with E-state index in [0.717, 1.165) is 50.8 Å². The molecule has 0 bridgehead atoms. The first-order valence-corrected chi connectivity index (χ1v) is 10.6. The van der Waals surface area contributed by atoms with E-state index in [1.165, 1.54) is 22.4 Å². The summed E-state index contributed by atoms with van der Waals surface area (Å²) in [6, 6.07) is 8.74. The number of nitrogens with one attached hydrogen (secondary N) is 2. The first kappa shape index (κ1) is 21.4. The van der Waals surface area contributed by atoms with Crippen LogP contribution in [0.15, 0.2) is 29.3 Å². The van der Waals surface area contributed by atoms with Crippen LogP contribution in [0.1, 0.15) is 47.8 Å². The van der Waals surface area contributed by atoms with Gasteiger partial charge >= 0.3 is 0 Å². The van der Waals surface area contributed by atoms with E-state index in [4.69, 9.17) is 9.73 Å². The zero-order valence-corrected chi connectivity index (χ0v) is 18.5. The minimum atomic E-state index is 0.0694. The number of hydrogen-bond acceptors (Lipinski definition) is 3. The molecule has 1 aliphatic rings. The standard InChI is InChI=1S/C23H35N5O/c1-6-24-22(25-15-20-18(3)27-28(5)19(20)4)26-16-23(11-13-29-14-12-23)21-10-8-7-9-17(21)2/h7-10H,6,11-16H2,1-5H3,(H2,24,25,26). The van der Waals surface area contributed by atoms with Gasteiger partial charge in [0, 0.05) is 50.0 Å². The van der Waals surface area contributed by atoms with Gasteiger partial charge in [-0.2, -0.15) is 5.10 Å². The predicted molar refractivity (Wildman–Crippen MR) is 118 cm³/mol. The third-order valence-corrected chi connectivity index (χ3v) is 6.16. The highest BCUT2D eigenvalue weighted by molar-refractivity contribution is 5.80. The molecule has 2 heterocycles. The van der Waals surface area contributed by atoms with Gasteiger partial charge in [0.2, 0.25) is 0 Å². The number of nitrogens with zero attached hydrogens (tertiary/aromatic N) is 3. The van der Waals surface area contributed by atoms with E-state index in [9.17, 15) is 0 Å². The van der Waals surface area contributed by atoms with Gasteiger partial charge in [-0.15, -0.1) is 0 Å². The molecule has 6 heteroatoms. The Bertz CT molecular complexity index is 849. The molecule has 0 unspecified atom stereocenters. The summed E-state index contributed by atoms with van der Waals surface area (Å²) in [5.41, 5.74) is 6.25. The number of aliphatic imine (C=N–C) groups is 1. The molecule has 0 amide bonds. The molecule has 1 aromatic carbocycles. The molecular weight excluding hydrogens is 362 g/mol. The van der Waals surface area contributed by atoms with Crippen LogP contribution in [0.2, 0.25) is 0 Å². The number of benzene rings is 1. The quantitative estimate of drug-likeness (QED) is 0.581. The van der Waals surface area contributed by atoms with E-state index in [1.54, 1.807) is 0 Å².